The van der Waals surface area contributed by atoms with E-state index in [1.807, 2.05) is 12.1 Å². The van der Waals surface area contributed by atoms with Gasteiger partial charge in [-0.3, -0.25) is 10.1 Å². The first kappa shape index (κ1) is 23.2. The maximum atomic E-state index is 11.7. The maximum absolute atomic E-state index is 11.7. The van der Waals surface area contributed by atoms with E-state index in [1.165, 1.54) is 6.20 Å². The Balaban J connectivity index is 1.80. The fourth-order valence-electron chi connectivity index (χ4n) is 4.10. The standard InChI is InChI=1S/C22H31ClN6O2/c1-3-27(4-2)14-7-9-19-8-5-6-15-28(19)21-20(29(30)31)16-24-22(26-21)25-18-12-10-17(23)11-13-18/h10-13,16,19H,3-9,14-15H2,1-2H3,(H,24,25,26). The summed E-state index contributed by atoms with van der Waals surface area (Å²) >= 11 is 5.95. The lowest BCUT2D eigenvalue weighted by atomic mass is 9.97. The fourth-order valence-corrected chi connectivity index (χ4v) is 4.23. The van der Waals surface area contributed by atoms with Crippen molar-refractivity contribution in [3.63, 3.8) is 0 Å². The van der Waals surface area contributed by atoms with Gasteiger partial charge in [0.1, 0.15) is 6.20 Å². The van der Waals surface area contributed by atoms with E-state index in [0.29, 0.717) is 16.8 Å². The molecule has 3 rings (SSSR count). The lowest BCUT2D eigenvalue weighted by molar-refractivity contribution is -0.384. The molecule has 1 fully saturated rings. The molecule has 1 unspecified atom stereocenters. The van der Waals surface area contributed by atoms with Crippen molar-refractivity contribution in [1.82, 2.24) is 14.9 Å². The molecule has 1 aromatic heterocycles. The lowest BCUT2D eigenvalue weighted by Crippen LogP contribution is -2.41. The molecule has 0 aliphatic carbocycles. The first-order valence-corrected chi connectivity index (χ1v) is 11.4. The van der Waals surface area contributed by atoms with Crippen LogP contribution in [-0.2, 0) is 0 Å². The number of hydrogen-bond acceptors (Lipinski definition) is 7. The molecule has 0 radical (unpaired) electrons. The van der Waals surface area contributed by atoms with Crippen LogP contribution >= 0.6 is 11.6 Å². The molecule has 0 saturated carbocycles. The van der Waals surface area contributed by atoms with E-state index in [0.717, 1.165) is 64.0 Å². The quantitative estimate of drug-likeness (QED) is 0.393. The van der Waals surface area contributed by atoms with Gasteiger partial charge < -0.3 is 15.1 Å². The number of halogens is 1. The van der Waals surface area contributed by atoms with Crippen molar-refractivity contribution >= 4 is 34.7 Å². The molecule has 0 amide bonds. The van der Waals surface area contributed by atoms with Gasteiger partial charge >= 0.3 is 5.69 Å². The van der Waals surface area contributed by atoms with E-state index in [1.54, 1.807) is 12.1 Å². The fraction of sp³-hybridized carbons (Fsp3) is 0.545. The van der Waals surface area contributed by atoms with Crippen LogP contribution in [0.5, 0.6) is 0 Å². The van der Waals surface area contributed by atoms with Crippen molar-refractivity contribution in [3.05, 3.63) is 45.6 Å². The first-order chi connectivity index (χ1) is 15.0. The molecule has 1 N–H and O–H groups in total. The van der Waals surface area contributed by atoms with Crippen molar-refractivity contribution in [2.75, 3.05) is 36.4 Å². The monoisotopic (exact) mass is 446 g/mol. The summed E-state index contributed by atoms with van der Waals surface area (Å²) in [6.45, 7) is 8.26. The zero-order valence-corrected chi connectivity index (χ0v) is 19.0. The topological polar surface area (TPSA) is 87.4 Å². The summed E-state index contributed by atoms with van der Waals surface area (Å²) in [5, 5.41) is 15.5. The minimum Gasteiger partial charge on any atom is -0.348 e. The molecule has 2 aromatic rings. The molecule has 1 atom stereocenters. The molecule has 1 saturated heterocycles. The molecule has 1 aliphatic rings. The number of nitro groups is 1. The van der Waals surface area contributed by atoms with Crippen LogP contribution in [0.1, 0.15) is 46.0 Å². The van der Waals surface area contributed by atoms with E-state index >= 15 is 0 Å². The first-order valence-electron chi connectivity index (χ1n) is 11.0. The van der Waals surface area contributed by atoms with Gasteiger partial charge in [-0.25, -0.2) is 4.98 Å². The number of anilines is 3. The normalized spacial score (nSPS) is 16.5. The molecule has 9 heteroatoms. The average Bonchev–Trinajstić information content (AvgIpc) is 2.78. The number of aromatic nitrogens is 2. The Kier molecular flexibility index (Phi) is 8.43. The second-order valence-corrected chi connectivity index (χ2v) is 8.24. The SMILES string of the molecule is CCN(CC)CCCC1CCCCN1c1nc(Nc2ccc(Cl)cc2)ncc1[N+](=O)[O-]. The van der Waals surface area contributed by atoms with E-state index in [9.17, 15) is 10.1 Å². The summed E-state index contributed by atoms with van der Waals surface area (Å²) in [7, 11) is 0. The molecule has 1 aromatic carbocycles. The molecule has 2 heterocycles. The predicted molar refractivity (Wildman–Crippen MR) is 125 cm³/mol. The zero-order valence-electron chi connectivity index (χ0n) is 18.3. The number of nitrogens with zero attached hydrogens (tertiary/aromatic N) is 5. The summed E-state index contributed by atoms with van der Waals surface area (Å²) in [5.74, 6) is 0.749. The van der Waals surface area contributed by atoms with Crippen molar-refractivity contribution in [2.24, 2.45) is 0 Å². The minimum atomic E-state index is -0.386. The smallest absolute Gasteiger partial charge is 0.329 e. The van der Waals surface area contributed by atoms with E-state index < -0.39 is 0 Å². The minimum absolute atomic E-state index is 0.0442. The van der Waals surface area contributed by atoms with Crippen molar-refractivity contribution in [3.8, 4) is 0 Å². The molecular formula is C22H31ClN6O2. The van der Waals surface area contributed by atoms with Crippen LogP contribution in [0.4, 0.5) is 23.1 Å². The summed E-state index contributed by atoms with van der Waals surface area (Å²) in [6.07, 6.45) is 6.55. The second kappa shape index (κ2) is 11.2. The summed E-state index contributed by atoms with van der Waals surface area (Å²) in [6, 6.07) is 7.44. The molecule has 0 spiro atoms. The third kappa shape index (κ3) is 6.27. The largest absolute Gasteiger partial charge is 0.348 e. The van der Waals surface area contributed by atoms with Gasteiger partial charge in [-0.2, -0.15) is 4.98 Å². The maximum Gasteiger partial charge on any atom is 0.329 e. The van der Waals surface area contributed by atoms with Gasteiger partial charge in [0.2, 0.25) is 11.8 Å². The summed E-state index contributed by atoms with van der Waals surface area (Å²) in [4.78, 5) is 24.6. The van der Waals surface area contributed by atoms with Gasteiger partial charge in [-0.1, -0.05) is 25.4 Å². The van der Waals surface area contributed by atoms with Crippen LogP contribution in [0.15, 0.2) is 30.5 Å². The Bertz CT molecular complexity index is 860. The number of piperidine rings is 1. The van der Waals surface area contributed by atoms with Crippen molar-refractivity contribution in [2.45, 2.75) is 52.0 Å². The van der Waals surface area contributed by atoms with Crippen LogP contribution in [-0.4, -0.2) is 52.0 Å². The lowest BCUT2D eigenvalue weighted by Gasteiger charge is -2.36. The summed E-state index contributed by atoms with van der Waals surface area (Å²) < 4.78 is 0. The second-order valence-electron chi connectivity index (χ2n) is 7.80. The molecule has 31 heavy (non-hydrogen) atoms. The van der Waals surface area contributed by atoms with Gasteiger partial charge in [-0.15, -0.1) is 0 Å². The average molecular weight is 447 g/mol. The highest BCUT2D eigenvalue weighted by Crippen LogP contribution is 2.33. The van der Waals surface area contributed by atoms with Gasteiger partial charge in [0.25, 0.3) is 0 Å². The zero-order chi connectivity index (χ0) is 22.2. The molecule has 8 nitrogen and oxygen atoms in total. The van der Waals surface area contributed by atoms with Crippen LogP contribution in [0.2, 0.25) is 5.02 Å². The predicted octanol–water partition coefficient (Wildman–Crippen LogP) is 5.26. The van der Waals surface area contributed by atoms with E-state index in [-0.39, 0.29) is 16.7 Å². The Morgan fingerprint density at radius 3 is 2.68 bits per heavy atom. The highest BCUT2D eigenvalue weighted by atomic mass is 35.5. The van der Waals surface area contributed by atoms with Gasteiger partial charge in [-0.05, 0) is 76.0 Å². The molecular weight excluding hydrogens is 416 g/mol. The van der Waals surface area contributed by atoms with Crippen molar-refractivity contribution in [1.29, 1.82) is 0 Å². The van der Waals surface area contributed by atoms with E-state index in [4.69, 9.17) is 11.6 Å². The Morgan fingerprint density at radius 2 is 2.00 bits per heavy atom. The highest BCUT2D eigenvalue weighted by Gasteiger charge is 2.30. The van der Waals surface area contributed by atoms with Crippen molar-refractivity contribution < 1.29 is 4.92 Å². The number of nitrogens with one attached hydrogen (secondary N) is 1. The van der Waals surface area contributed by atoms with Crippen LogP contribution in [0, 0.1) is 10.1 Å². The number of rotatable bonds is 10. The van der Waals surface area contributed by atoms with Gasteiger partial charge in [0, 0.05) is 23.3 Å². The van der Waals surface area contributed by atoms with Crippen LogP contribution < -0.4 is 10.2 Å². The Morgan fingerprint density at radius 1 is 1.26 bits per heavy atom. The van der Waals surface area contributed by atoms with Gasteiger partial charge in [0.05, 0.1) is 4.92 Å². The molecule has 168 valence electrons. The Hall–Kier alpha value is -2.45. The van der Waals surface area contributed by atoms with Crippen LogP contribution in [0.25, 0.3) is 0 Å². The molecule has 1 aliphatic heterocycles. The molecule has 0 bridgehead atoms. The third-order valence-corrected chi connectivity index (χ3v) is 6.10. The Labute approximate surface area is 188 Å². The number of hydrogen-bond donors (Lipinski definition) is 1. The van der Waals surface area contributed by atoms with Gasteiger partial charge in [0.15, 0.2) is 0 Å². The third-order valence-electron chi connectivity index (χ3n) is 5.85. The number of benzene rings is 1. The van der Waals surface area contributed by atoms with E-state index in [2.05, 4.69) is 38.9 Å². The highest BCUT2D eigenvalue weighted by molar-refractivity contribution is 6.30. The summed E-state index contributed by atoms with van der Waals surface area (Å²) in [5.41, 5.74) is 0.732. The van der Waals surface area contributed by atoms with Crippen LogP contribution in [0.3, 0.4) is 0 Å².